The summed E-state index contributed by atoms with van der Waals surface area (Å²) in [6, 6.07) is 159. The molecule has 21 aromatic carbocycles. The number of hydrogen-bond acceptors (Lipinski definition) is 6. The van der Waals surface area contributed by atoms with E-state index in [0.29, 0.717) is 0 Å². The molecule has 0 N–H and O–H groups in total. The van der Waals surface area contributed by atoms with Gasteiger partial charge in [-0.2, -0.15) is 0 Å². The lowest BCUT2D eigenvalue weighted by atomic mass is 10.1. The zero-order valence-electron chi connectivity index (χ0n) is 73.7. The van der Waals surface area contributed by atoms with Crippen molar-refractivity contribution in [2.75, 3.05) is 0 Å². The van der Waals surface area contributed by atoms with Gasteiger partial charge in [0.05, 0.1) is 87.0 Å². The average molecular weight is 1830 g/mol. The lowest BCUT2D eigenvalue weighted by Crippen LogP contribution is -1.95. The fourth-order valence-corrected chi connectivity index (χ4v) is 28.0. The molecule has 0 bridgehead atoms. The SMILES string of the molecule is c1ccc2c(c1)oc1ccc(-n3c4ccccc4c4c5c6ccccc6n(-c6ccc7oc8ccccc8c7c6)c5ccc43)cc12.c1ccc2c(c1)sc1c(-n3c4ccccc4c4c5c6ccccc6n(-c6cccc7c6sc6ccccc67)c5ccc43)cccc12.c1ccc2c(c1)sc1ccc(-n3c4ccccc4c4c5c6ccccc6n(-c6ccc7sc8ccccc8c7c6)c5ccc43)cc12. The van der Waals surface area contributed by atoms with Crippen molar-refractivity contribution < 1.29 is 8.83 Å². The smallest absolute Gasteiger partial charge is 0.135 e. The number of fused-ring (bicyclic) bond motifs is 39. The standard InChI is InChI=1S/C42H24N2O2.2C42H24N2S2/c1-5-13-33-29(11-1)41-35(43(33)25-17-21-39-31(23-25)27-9-3-7-15-37(27)45-39)19-20-36-42(41)30-12-2-6-14-34(30)44(36)26-18-22-40-32(24-26)28-10-4-8-16-38(28)46-40;1-5-17-31-29(13-1)39-33(43(31)35-19-9-15-27-25-11-3-7-21-37(25)45-41(27)35)23-24-34-40(39)30-14-2-6-18-32(30)44(34)36-20-10-16-28-26-12-4-8-22-38(26)46-42(28)36;1-5-13-33-29(11-1)41-35(43(33)25-17-21-39-31(23-25)27-9-3-7-15-37(27)45-39)19-20-36-42(41)30-12-2-6-14-34(30)44(36)26-18-22-40-32(24-26)28-10-4-8-16-38(28)46-40/h3*1-24H. The minimum atomic E-state index is 0.901. The molecule has 12 heteroatoms. The van der Waals surface area contributed by atoms with Crippen LogP contribution in [0, 0.1) is 0 Å². The van der Waals surface area contributed by atoms with Crippen LogP contribution in [-0.2, 0) is 0 Å². The number of para-hydroxylation sites is 8. The van der Waals surface area contributed by atoms with E-state index in [0.717, 1.165) is 55.3 Å². The Morgan fingerprint density at radius 2 is 0.362 bits per heavy atom. The maximum Gasteiger partial charge on any atom is 0.135 e. The lowest BCUT2D eigenvalue weighted by molar-refractivity contribution is 0.668. The van der Waals surface area contributed by atoms with Gasteiger partial charge in [0, 0.05) is 180 Å². The molecule has 0 aliphatic heterocycles. The van der Waals surface area contributed by atoms with Crippen LogP contribution in [0.5, 0.6) is 0 Å². The summed E-state index contributed by atoms with van der Waals surface area (Å²) in [4.78, 5) is 0. The molecule has 12 heterocycles. The number of benzene rings is 21. The zero-order chi connectivity index (χ0) is 89.8. The van der Waals surface area contributed by atoms with Gasteiger partial charge >= 0.3 is 0 Å². The molecule has 8 nitrogen and oxygen atoms in total. The van der Waals surface area contributed by atoms with Gasteiger partial charge in [-0.1, -0.05) is 243 Å². The van der Waals surface area contributed by atoms with E-state index in [1.165, 1.54) is 234 Å². The van der Waals surface area contributed by atoms with Crippen LogP contribution in [0.4, 0.5) is 0 Å². The number of furan rings is 2. The second kappa shape index (κ2) is 29.2. The maximum absolute atomic E-state index is 6.18. The highest BCUT2D eigenvalue weighted by Gasteiger charge is 2.28. The first kappa shape index (κ1) is 76.3. The van der Waals surface area contributed by atoms with E-state index in [1.54, 1.807) is 0 Å². The third kappa shape index (κ3) is 10.9. The van der Waals surface area contributed by atoms with Crippen LogP contribution in [0.2, 0.25) is 0 Å². The molecule has 0 saturated carbocycles. The molecular formula is C126H72N6O2S4. The highest BCUT2D eigenvalue weighted by atomic mass is 32.1. The molecule has 0 aliphatic carbocycles. The van der Waals surface area contributed by atoms with Gasteiger partial charge in [0.15, 0.2) is 0 Å². The van der Waals surface area contributed by atoms with Crippen molar-refractivity contribution in [2.24, 2.45) is 0 Å². The summed E-state index contributed by atoms with van der Waals surface area (Å²) in [6.07, 6.45) is 0. The largest absolute Gasteiger partial charge is 0.456 e. The minimum Gasteiger partial charge on any atom is -0.456 e. The van der Waals surface area contributed by atoms with Crippen LogP contribution in [0.15, 0.2) is 446 Å². The third-order valence-corrected chi connectivity index (χ3v) is 33.9. The molecule has 33 aromatic rings. The molecule has 0 unspecified atom stereocenters. The van der Waals surface area contributed by atoms with Crippen molar-refractivity contribution in [2.45, 2.75) is 0 Å². The highest BCUT2D eigenvalue weighted by Crippen LogP contribution is 2.52. The van der Waals surface area contributed by atoms with Crippen molar-refractivity contribution in [3.63, 3.8) is 0 Å². The van der Waals surface area contributed by atoms with Crippen LogP contribution in [0.1, 0.15) is 0 Å². The fraction of sp³-hybridized carbons (Fsp3) is 0. The van der Waals surface area contributed by atoms with Crippen molar-refractivity contribution in [3.8, 4) is 34.1 Å². The van der Waals surface area contributed by atoms with Gasteiger partial charge in [-0.15, -0.1) is 45.3 Å². The van der Waals surface area contributed by atoms with Crippen molar-refractivity contribution >= 4 is 301 Å². The first-order chi connectivity index (χ1) is 68.5. The number of aromatic nitrogens is 6. The first-order valence-corrected chi connectivity index (χ1v) is 50.1. The van der Waals surface area contributed by atoms with E-state index in [2.05, 4.69) is 440 Å². The Balaban J connectivity index is 0.0000000959. The second-order valence-corrected chi connectivity index (χ2v) is 40.6. The van der Waals surface area contributed by atoms with Crippen LogP contribution in [0.25, 0.3) is 290 Å². The van der Waals surface area contributed by atoms with Crippen molar-refractivity contribution in [1.29, 1.82) is 0 Å². The average Bonchev–Trinajstić information content (AvgIpc) is 1.51. The number of thiophene rings is 4. The number of rotatable bonds is 6. The van der Waals surface area contributed by atoms with Gasteiger partial charge in [0.1, 0.15) is 22.3 Å². The molecule has 33 rings (SSSR count). The zero-order valence-corrected chi connectivity index (χ0v) is 77.0. The molecule has 0 radical (unpaired) electrons. The summed E-state index contributed by atoms with van der Waals surface area (Å²) >= 11 is 7.52. The summed E-state index contributed by atoms with van der Waals surface area (Å²) < 4.78 is 37.7. The number of nitrogens with zero attached hydrogens (tertiary/aromatic N) is 6. The molecule has 0 saturated heterocycles. The minimum absolute atomic E-state index is 0.901. The molecule has 12 aromatic heterocycles. The Labute approximate surface area is 801 Å². The lowest BCUT2D eigenvalue weighted by Gasteiger charge is -2.11. The summed E-state index contributed by atoms with van der Waals surface area (Å²) in [5, 5.41) is 30.4. The van der Waals surface area contributed by atoms with Gasteiger partial charge in [0.2, 0.25) is 0 Å². The predicted octanol–water partition coefficient (Wildman–Crippen LogP) is 36.9. The van der Waals surface area contributed by atoms with Gasteiger partial charge < -0.3 is 36.2 Å². The highest BCUT2D eigenvalue weighted by molar-refractivity contribution is 7.27. The summed E-state index contributed by atoms with van der Waals surface area (Å²) in [6.45, 7) is 0. The van der Waals surface area contributed by atoms with E-state index in [1.807, 2.05) is 69.6 Å². The van der Waals surface area contributed by atoms with Gasteiger partial charge in [-0.3, -0.25) is 0 Å². The Kier molecular flexibility index (Phi) is 16.2. The number of hydrogen-bond donors (Lipinski definition) is 0. The molecule has 0 spiro atoms. The van der Waals surface area contributed by atoms with Crippen molar-refractivity contribution in [3.05, 3.63) is 437 Å². The molecule has 138 heavy (non-hydrogen) atoms. The van der Waals surface area contributed by atoms with E-state index in [4.69, 9.17) is 8.83 Å². The van der Waals surface area contributed by atoms with E-state index in [-0.39, 0.29) is 0 Å². The Bertz CT molecular complexity index is 10100. The van der Waals surface area contributed by atoms with Gasteiger partial charge in [-0.25, -0.2) is 0 Å². The summed E-state index contributed by atoms with van der Waals surface area (Å²) in [5.74, 6) is 0. The van der Waals surface area contributed by atoms with Crippen LogP contribution >= 0.6 is 45.3 Å². The Morgan fingerprint density at radius 1 is 0.138 bits per heavy atom. The third-order valence-electron chi connectivity index (χ3n) is 29.1. The monoisotopic (exact) mass is 1830 g/mol. The van der Waals surface area contributed by atoms with Crippen molar-refractivity contribution in [1.82, 2.24) is 27.4 Å². The quantitative estimate of drug-likeness (QED) is 0.167. The molecule has 642 valence electrons. The maximum atomic E-state index is 6.18. The van der Waals surface area contributed by atoms with Crippen LogP contribution in [-0.4, -0.2) is 27.4 Å². The van der Waals surface area contributed by atoms with E-state index in [9.17, 15) is 0 Å². The van der Waals surface area contributed by atoms with E-state index >= 15 is 0 Å². The van der Waals surface area contributed by atoms with Crippen LogP contribution in [0.3, 0.4) is 0 Å². The topological polar surface area (TPSA) is 55.9 Å². The molecule has 0 amide bonds. The van der Waals surface area contributed by atoms with Crippen LogP contribution < -0.4 is 0 Å². The predicted molar refractivity (Wildman–Crippen MR) is 591 cm³/mol. The van der Waals surface area contributed by atoms with E-state index < -0.39 is 0 Å². The molecule has 0 fully saturated rings. The Morgan fingerprint density at radius 3 is 0.688 bits per heavy atom. The normalized spacial score (nSPS) is 12.3. The summed E-state index contributed by atoms with van der Waals surface area (Å²) in [7, 11) is 0. The summed E-state index contributed by atoms with van der Waals surface area (Å²) in [5.41, 5.74) is 25.3. The second-order valence-electron chi connectivity index (χ2n) is 36.3. The molecular weight excluding hydrogens is 1760 g/mol. The molecule has 0 aliphatic rings. The fourth-order valence-electron chi connectivity index (χ4n) is 23.4. The molecule has 0 atom stereocenters. The van der Waals surface area contributed by atoms with Gasteiger partial charge in [-0.05, 0) is 194 Å². The first-order valence-electron chi connectivity index (χ1n) is 46.8. The Hall–Kier alpha value is -17.1. The van der Waals surface area contributed by atoms with Gasteiger partial charge in [0.25, 0.3) is 0 Å².